The first kappa shape index (κ1) is 15.0. The van der Waals surface area contributed by atoms with Crippen LogP contribution in [0.2, 0.25) is 0 Å². The van der Waals surface area contributed by atoms with Crippen LogP contribution in [0.5, 0.6) is 0 Å². The molecule has 1 aromatic carbocycles. The number of aryl methyl sites for hydroxylation is 1. The van der Waals surface area contributed by atoms with Gasteiger partial charge in [-0.15, -0.1) is 0 Å². The molecule has 0 unspecified atom stereocenters. The van der Waals surface area contributed by atoms with Crippen LogP contribution in [-0.2, 0) is 14.3 Å². The van der Waals surface area contributed by atoms with Crippen LogP contribution < -0.4 is 0 Å². The molecule has 1 aliphatic heterocycles. The van der Waals surface area contributed by atoms with Gasteiger partial charge in [0.25, 0.3) is 10.1 Å². The Morgan fingerprint density at radius 3 is 2.57 bits per heavy atom. The first-order chi connectivity index (χ1) is 9.89. The minimum Gasteiger partial charge on any atom is -0.314 e. The van der Waals surface area contributed by atoms with Gasteiger partial charge in [-0.1, -0.05) is 17.7 Å². The van der Waals surface area contributed by atoms with Crippen LogP contribution in [0.3, 0.4) is 0 Å². The Balaban J connectivity index is 1.62. The molecule has 0 aromatic heterocycles. The third-order valence-corrected chi connectivity index (χ3v) is 5.91. The zero-order valence-electron chi connectivity index (χ0n) is 12.2. The first-order valence-electron chi connectivity index (χ1n) is 7.32. The highest BCUT2D eigenvalue weighted by molar-refractivity contribution is 7.86. The molecule has 1 saturated carbocycles. The number of nitrogens with zero attached hydrogens (tertiary/aromatic N) is 1. The molecule has 1 heterocycles. The molecule has 116 valence electrons. The van der Waals surface area contributed by atoms with Gasteiger partial charge in [0.2, 0.25) is 0 Å². The van der Waals surface area contributed by atoms with E-state index in [1.54, 1.807) is 24.3 Å². The van der Waals surface area contributed by atoms with Crippen molar-refractivity contribution in [3.05, 3.63) is 29.8 Å². The highest BCUT2D eigenvalue weighted by Gasteiger charge is 2.48. The maximum absolute atomic E-state index is 12.2. The first-order valence-corrected chi connectivity index (χ1v) is 8.73. The van der Waals surface area contributed by atoms with Crippen molar-refractivity contribution in [1.82, 2.24) is 5.06 Å². The highest BCUT2D eigenvalue weighted by atomic mass is 32.2. The Morgan fingerprint density at radius 1 is 1.29 bits per heavy atom. The molecule has 0 radical (unpaired) electrons. The number of hydrogen-bond donors (Lipinski definition) is 1. The van der Waals surface area contributed by atoms with E-state index in [2.05, 4.69) is 0 Å². The average Bonchev–Trinajstić information content (AvgIpc) is 2.37. The van der Waals surface area contributed by atoms with E-state index >= 15 is 0 Å². The van der Waals surface area contributed by atoms with Crippen LogP contribution in [0.1, 0.15) is 31.2 Å². The largest absolute Gasteiger partial charge is 0.314 e. The molecule has 1 spiro atoms. The summed E-state index contributed by atoms with van der Waals surface area (Å²) in [6.07, 6.45) is 3.13. The fraction of sp³-hybridized carbons (Fsp3) is 0.600. The van der Waals surface area contributed by atoms with Gasteiger partial charge in [0.15, 0.2) is 0 Å². The molecule has 0 amide bonds. The Kier molecular flexibility index (Phi) is 3.81. The van der Waals surface area contributed by atoms with Crippen LogP contribution in [-0.4, -0.2) is 37.9 Å². The maximum Gasteiger partial charge on any atom is 0.297 e. The van der Waals surface area contributed by atoms with E-state index in [0.29, 0.717) is 25.9 Å². The fourth-order valence-electron chi connectivity index (χ4n) is 3.43. The van der Waals surface area contributed by atoms with Crippen LogP contribution in [0, 0.1) is 12.3 Å². The van der Waals surface area contributed by atoms with Crippen molar-refractivity contribution in [3.8, 4) is 0 Å². The van der Waals surface area contributed by atoms with Gasteiger partial charge >= 0.3 is 0 Å². The standard InChI is InChI=1S/C15H21NO4S/c1-12-3-5-14(6-4-12)21(18,19)20-13-9-15(10-13)7-2-8-16(17)11-15/h3-6,13,17H,2,7-11H2,1H3. The molecule has 0 bridgehead atoms. The molecule has 1 N–H and O–H groups in total. The average molecular weight is 311 g/mol. The maximum atomic E-state index is 12.2. The zero-order chi connectivity index (χ0) is 15.1. The summed E-state index contributed by atoms with van der Waals surface area (Å²) >= 11 is 0. The van der Waals surface area contributed by atoms with Crippen molar-refractivity contribution in [2.24, 2.45) is 5.41 Å². The third-order valence-electron chi connectivity index (χ3n) is 4.54. The summed E-state index contributed by atoms with van der Waals surface area (Å²) in [5, 5.41) is 10.9. The summed E-state index contributed by atoms with van der Waals surface area (Å²) in [5.74, 6) is 0. The van der Waals surface area contributed by atoms with Crippen LogP contribution in [0.15, 0.2) is 29.2 Å². The summed E-state index contributed by atoms with van der Waals surface area (Å²) in [6, 6.07) is 6.69. The minimum atomic E-state index is -3.68. The van der Waals surface area contributed by atoms with Crippen molar-refractivity contribution in [2.75, 3.05) is 13.1 Å². The van der Waals surface area contributed by atoms with E-state index in [4.69, 9.17) is 4.18 Å². The molecule has 21 heavy (non-hydrogen) atoms. The monoisotopic (exact) mass is 311 g/mol. The van der Waals surface area contributed by atoms with E-state index in [1.165, 1.54) is 5.06 Å². The molecule has 2 aliphatic rings. The molecule has 1 aliphatic carbocycles. The van der Waals surface area contributed by atoms with Crippen LogP contribution >= 0.6 is 0 Å². The van der Waals surface area contributed by atoms with Gasteiger partial charge in [0.1, 0.15) is 0 Å². The lowest BCUT2D eigenvalue weighted by Gasteiger charge is -2.50. The smallest absolute Gasteiger partial charge is 0.297 e. The van der Waals surface area contributed by atoms with Crippen molar-refractivity contribution in [1.29, 1.82) is 0 Å². The second-order valence-corrected chi connectivity index (χ2v) is 7.96. The summed E-state index contributed by atoms with van der Waals surface area (Å²) in [5.41, 5.74) is 1.06. The second kappa shape index (κ2) is 5.35. The number of hydroxylamine groups is 2. The number of benzene rings is 1. The van der Waals surface area contributed by atoms with Gasteiger partial charge < -0.3 is 5.21 Å². The van der Waals surface area contributed by atoms with Gasteiger partial charge in [-0.25, -0.2) is 0 Å². The van der Waals surface area contributed by atoms with Gasteiger partial charge in [-0.3, -0.25) is 4.18 Å². The lowest BCUT2D eigenvalue weighted by atomic mass is 9.63. The van der Waals surface area contributed by atoms with Crippen molar-refractivity contribution >= 4 is 10.1 Å². The van der Waals surface area contributed by atoms with E-state index in [-0.39, 0.29) is 16.4 Å². The fourth-order valence-corrected chi connectivity index (χ4v) is 4.50. The van der Waals surface area contributed by atoms with E-state index in [0.717, 1.165) is 18.4 Å². The summed E-state index contributed by atoms with van der Waals surface area (Å²) in [4.78, 5) is 0.210. The topological polar surface area (TPSA) is 66.8 Å². The molecular formula is C15H21NO4S. The Hall–Kier alpha value is -0.950. The van der Waals surface area contributed by atoms with Gasteiger partial charge in [-0.05, 0) is 50.2 Å². The van der Waals surface area contributed by atoms with Gasteiger partial charge in [0.05, 0.1) is 11.0 Å². The van der Waals surface area contributed by atoms with Crippen molar-refractivity contribution in [2.45, 2.75) is 43.6 Å². The van der Waals surface area contributed by atoms with E-state index in [9.17, 15) is 13.6 Å². The van der Waals surface area contributed by atoms with Crippen LogP contribution in [0.4, 0.5) is 0 Å². The normalized spacial score (nSPS) is 30.3. The van der Waals surface area contributed by atoms with Gasteiger partial charge in [-0.2, -0.15) is 13.5 Å². The highest BCUT2D eigenvalue weighted by Crippen LogP contribution is 2.49. The van der Waals surface area contributed by atoms with Crippen molar-refractivity contribution < 1.29 is 17.8 Å². The summed E-state index contributed by atoms with van der Waals surface area (Å²) in [6.45, 7) is 3.24. The number of hydrogen-bond acceptors (Lipinski definition) is 5. The molecule has 1 aromatic rings. The Bertz CT molecular complexity index is 605. The quantitative estimate of drug-likeness (QED) is 0.868. The summed E-state index contributed by atoms with van der Waals surface area (Å²) < 4.78 is 29.7. The predicted molar refractivity (Wildman–Crippen MR) is 77.5 cm³/mol. The third kappa shape index (κ3) is 3.13. The molecule has 6 heteroatoms. The van der Waals surface area contributed by atoms with E-state index < -0.39 is 10.1 Å². The molecular weight excluding hydrogens is 290 g/mol. The number of piperidine rings is 1. The molecule has 2 fully saturated rings. The molecule has 5 nitrogen and oxygen atoms in total. The number of rotatable bonds is 3. The molecule has 3 rings (SSSR count). The SMILES string of the molecule is Cc1ccc(S(=O)(=O)OC2CC3(CCCN(O)C3)C2)cc1. The molecule has 0 atom stereocenters. The Labute approximate surface area is 125 Å². The molecule has 1 saturated heterocycles. The van der Waals surface area contributed by atoms with Crippen molar-refractivity contribution in [3.63, 3.8) is 0 Å². The predicted octanol–water partition coefficient (Wildman–Crippen LogP) is 2.33. The van der Waals surface area contributed by atoms with Gasteiger partial charge in [0, 0.05) is 13.1 Å². The lowest BCUT2D eigenvalue weighted by molar-refractivity contribution is -0.172. The zero-order valence-corrected chi connectivity index (χ0v) is 13.0. The van der Waals surface area contributed by atoms with E-state index in [1.807, 2.05) is 6.92 Å². The second-order valence-electron chi connectivity index (χ2n) is 6.39. The van der Waals surface area contributed by atoms with Crippen LogP contribution in [0.25, 0.3) is 0 Å². The summed E-state index contributed by atoms with van der Waals surface area (Å²) in [7, 11) is -3.68. The lowest BCUT2D eigenvalue weighted by Crippen LogP contribution is -2.52. The minimum absolute atomic E-state index is 0.0421. The Morgan fingerprint density at radius 2 is 1.95 bits per heavy atom.